The van der Waals surface area contributed by atoms with Crippen molar-refractivity contribution in [1.29, 1.82) is 0 Å². The number of hydrogen-bond donors (Lipinski definition) is 3. The Kier molecular flexibility index (Phi) is 6.46. The van der Waals surface area contributed by atoms with Crippen molar-refractivity contribution >= 4 is 39.1 Å². The predicted molar refractivity (Wildman–Crippen MR) is 158 cm³/mol. The molecule has 0 spiro atoms. The Morgan fingerprint density at radius 3 is 2.71 bits per heavy atom. The molecule has 2 bridgehead atoms. The first-order valence-corrected chi connectivity index (χ1v) is 14.5. The summed E-state index contributed by atoms with van der Waals surface area (Å²) in [6.07, 6.45) is 2.33. The van der Waals surface area contributed by atoms with E-state index in [2.05, 4.69) is 20.1 Å². The average Bonchev–Trinajstić information content (AvgIpc) is 3.64. The Bertz CT molecular complexity index is 1660. The lowest BCUT2D eigenvalue weighted by Gasteiger charge is -2.34. The van der Waals surface area contributed by atoms with Crippen LogP contribution in [-0.4, -0.2) is 83.6 Å². The Hall–Kier alpha value is -3.24. The SMILES string of the molecule is CN(C)CC1(COc2nc(N3CC4CC(O)C(C3)N4)c3cc(Cl)c(-c4cc(O)cc5ccccc45)c(F)c3n2)CC1. The van der Waals surface area contributed by atoms with Gasteiger partial charge in [0.25, 0.3) is 0 Å². The number of nitrogens with one attached hydrogen (secondary N) is 1. The molecule has 0 amide bonds. The van der Waals surface area contributed by atoms with Crippen LogP contribution in [0.1, 0.15) is 19.3 Å². The zero-order chi connectivity index (χ0) is 28.5. The maximum Gasteiger partial charge on any atom is 0.319 e. The van der Waals surface area contributed by atoms with Crippen LogP contribution in [0.25, 0.3) is 32.8 Å². The topological polar surface area (TPSA) is 94.0 Å². The fourth-order valence-corrected chi connectivity index (χ4v) is 6.91. The number of fused-ring (bicyclic) bond motifs is 4. The first-order chi connectivity index (χ1) is 19.7. The molecule has 2 aliphatic heterocycles. The van der Waals surface area contributed by atoms with E-state index in [9.17, 15) is 10.2 Å². The number of rotatable bonds is 7. The summed E-state index contributed by atoms with van der Waals surface area (Å²) < 4.78 is 22.9. The molecule has 10 heteroatoms. The van der Waals surface area contributed by atoms with Gasteiger partial charge in [-0.05, 0) is 67.9 Å². The van der Waals surface area contributed by atoms with Crippen LogP contribution in [0.15, 0.2) is 42.5 Å². The van der Waals surface area contributed by atoms with Gasteiger partial charge < -0.3 is 30.1 Å². The van der Waals surface area contributed by atoms with Crippen LogP contribution in [0, 0.1) is 11.2 Å². The third-order valence-electron chi connectivity index (χ3n) is 8.67. The number of phenols is 1. The van der Waals surface area contributed by atoms with Gasteiger partial charge in [-0.2, -0.15) is 9.97 Å². The summed E-state index contributed by atoms with van der Waals surface area (Å²) in [6, 6.07) is 12.5. The molecule has 3 N–H and O–H groups in total. The van der Waals surface area contributed by atoms with Crippen molar-refractivity contribution in [2.75, 3.05) is 45.2 Å². The summed E-state index contributed by atoms with van der Waals surface area (Å²) >= 11 is 6.83. The van der Waals surface area contributed by atoms with Crippen LogP contribution < -0.4 is 15.0 Å². The highest BCUT2D eigenvalue weighted by Crippen LogP contribution is 2.47. The Morgan fingerprint density at radius 2 is 1.95 bits per heavy atom. The van der Waals surface area contributed by atoms with E-state index in [1.807, 2.05) is 38.4 Å². The summed E-state index contributed by atoms with van der Waals surface area (Å²) in [7, 11) is 4.09. The monoisotopic (exact) mass is 577 g/mol. The molecule has 2 saturated heterocycles. The van der Waals surface area contributed by atoms with Gasteiger partial charge in [0.15, 0.2) is 5.82 Å². The number of phenolic OH excluding ortho intramolecular Hbond substituents is 1. The standard InChI is InChI=1S/C31H33ClFN5O3/c1-37(2)15-31(7-8-31)16-41-30-35-28-22(29(36-30)38-13-18-10-25(40)24(14-38)34-18)12-23(32)26(27(28)33)21-11-19(39)9-17-5-3-4-6-20(17)21/h3-6,9,11-12,18,24-25,34,39-40H,7-8,10,13-16H2,1-2H3. The smallest absolute Gasteiger partial charge is 0.319 e. The van der Waals surface area contributed by atoms with E-state index < -0.39 is 11.9 Å². The van der Waals surface area contributed by atoms with Crippen LogP contribution in [0.5, 0.6) is 11.8 Å². The number of piperazine rings is 1. The molecule has 4 aromatic rings. The van der Waals surface area contributed by atoms with E-state index in [0.29, 0.717) is 42.9 Å². The third-order valence-corrected chi connectivity index (χ3v) is 8.97. The minimum absolute atomic E-state index is 0.0205. The van der Waals surface area contributed by atoms with Gasteiger partial charge in [-0.1, -0.05) is 35.9 Å². The quantitative estimate of drug-likeness (QED) is 0.294. The normalized spacial score (nSPS) is 23.1. The molecule has 1 saturated carbocycles. The van der Waals surface area contributed by atoms with Gasteiger partial charge in [0, 0.05) is 42.0 Å². The molecule has 3 aliphatic rings. The first-order valence-electron chi connectivity index (χ1n) is 14.1. The van der Waals surface area contributed by atoms with E-state index in [0.717, 1.165) is 30.2 Å². The molecule has 0 radical (unpaired) electrons. The summed E-state index contributed by atoms with van der Waals surface area (Å²) in [4.78, 5) is 13.6. The first kappa shape index (κ1) is 26.6. The van der Waals surface area contributed by atoms with Crippen molar-refractivity contribution in [3.8, 4) is 22.9 Å². The average molecular weight is 578 g/mol. The van der Waals surface area contributed by atoms with Crippen molar-refractivity contribution in [2.45, 2.75) is 37.5 Å². The van der Waals surface area contributed by atoms with Gasteiger partial charge >= 0.3 is 6.01 Å². The van der Waals surface area contributed by atoms with E-state index >= 15 is 4.39 Å². The lowest BCUT2D eigenvalue weighted by molar-refractivity contribution is 0.162. The Morgan fingerprint density at radius 1 is 1.15 bits per heavy atom. The Labute approximate surface area is 242 Å². The van der Waals surface area contributed by atoms with Crippen LogP contribution in [0.3, 0.4) is 0 Å². The lowest BCUT2D eigenvalue weighted by atomic mass is 9.96. The molecule has 3 atom stereocenters. The summed E-state index contributed by atoms with van der Waals surface area (Å²) in [5.41, 5.74) is 0.813. The number of aromatic hydroxyl groups is 1. The summed E-state index contributed by atoms with van der Waals surface area (Å²) in [6.45, 7) is 2.47. The van der Waals surface area contributed by atoms with Crippen LogP contribution in [-0.2, 0) is 0 Å². The minimum Gasteiger partial charge on any atom is -0.508 e. The Balaban J connectivity index is 1.37. The van der Waals surface area contributed by atoms with Gasteiger partial charge in [-0.3, -0.25) is 0 Å². The van der Waals surface area contributed by atoms with Crippen molar-refractivity contribution in [3.63, 3.8) is 0 Å². The second-order valence-corrected chi connectivity index (χ2v) is 12.6. The van der Waals surface area contributed by atoms with E-state index in [-0.39, 0.29) is 45.4 Å². The number of benzene rings is 3. The molecule has 3 heterocycles. The number of aliphatic hydroxyl groups is 1. The highest BCUT2D eigenvalue weighted by molar-refractivity contribution is 6.35. The van der Waals surface area contributed by atoms with Crippen LogP contribution in [0.2, 0.25) is 5.02 Å². The van der Waals surface area contributed by atoms with Crippen molar-refractivity contribution < 1.29 is 19.3 Å². The van der Waals surface area contributed by atoms with E-state index in [1.165, 1.54) is 6.07 Å². The predicted octanol–water partition coefficient (Wildman–Crippen LogP) is 4.58. The highest BCUT2D eigenvalue weighted by Gasteiger charge is 2.44. The molecule has 41 heavy (non-hydrogen) atoms. The molecular formula is C31H33ClFN5O3. The van der Waals surface area contributed by atoms with E-state index in [4.69, 9.17) is 21.3 Å². The summed E-state index contributed by atoms with van der Waals surface area (Å²) in [5.74, 6) is -0.0300. The van der Waals surface area contributed by atoms with Gasteiger partial charge in [0.05, 0.1) is 23.8 Å². The van der Waals surface area contributed by atoms with Gasteiger partial charge in [-0.25, -0.2) is 4.39 Å². The van der Waals surface area contributed by atoms with E-state index in [1.54, 1.807) is 12.1 Å². The molecular weight excluding hydrogens is 545 g/mol. The molecule has 1 aliphatic carbocycles. The van der Waals surface area contributed by atoms with Crippen LogP contribution in [0.4, 0.5) is 10.2 Å². The van der Waals surface area contributed by atoms with Gasteiger partial charge in [0.2, 0.25) is 0 Å². The van der Waals surface area contributed by atoms with Crippen molar-refractivity contribution in [1.82, 2.24) is 20.2 Å². The number of ether oxygens (including phenoxy) is 1. The second-order valence-electron chi connectivity index (χ2n) is 12.2. The molecule has 8 nitrogen and oxygen atoms in total. The molecule has 214 valence electrons. The zero-order valence-corrected chi connectivity index (χ0v) is 23.8. The number of halogens is 2. The van der Waals surface area contributed by atoms with Gasteiger partial charge in [-0.15, -0.1) is 0 Å². The fourth-order valence-electron chi connectivity index (χ4n) is 6.62. The maximum absolute atomic E-state index is 16.7. The van der Waals surface area contributed by atoms with Gasteiger partial charge in [0.1, 0.15) is 17.1 Å². The number of anilines is 1. The zero-order valence-electron chi connectivity index (χ0n) is 23.1. The minimum atomic E-state index is -0.593. The molecule has 1 aromatic heterocycles. The molecule has 3 fully saturated rings. The molecule has 7 rings (SSSR count). The largest absolute Gasteiger partial charge is 0.508 e. The fraction of sp³-hybridized carbons (Fsp3) is 0.419. The second kappa shape index (κ2) is 9.94. The highest BCUT2D eigenvalue weighted by atomic mass is 35.5. The summed E-state index contributed by atoms with van der Waals surface area (Å²) in [5, 5.41) is 26.6. The number of hydrogen-bond acceptors (Lipinski definition) is 8. The number of aliphatic hydroxyl groups excluding tert-OH is 1. The van der Waals surface area contributed by atoms with Crippen molar-refractivity contribution in [3.05, 3.63) is 53.3 Å². The maximum atomic E-state index is 16.7. The third kappa shape index (κ3) is 4.84. The molecule has 3 aromatic carbocycles. The van der Waals surface area contributed by atoms with Crippen molar-refractivity contribution in [2.24, 2.45) is 5.41 Å². The number of nitrogens with zero attached hydrogens (tertiary/aromatic N) is 4. The number of aromatic nitrogens is 2. The lowest BCUT2D eigenvalue weighted by Crippen LogP contribution is -2.53. The van der Waals surface area contributed by atoms with Crippen LogP contribution >= 0.6 is 11.6 Å². The molecule has 3 unspecified atom stereocenters.